The Bertz CT molecular complexity index is 2810. The number of aromatic amines is 2. The van der Waals surface area contributed by atoms with Crippen LogP contribution in [0.1, 0.15) is 80.9 Å². The van der Waals surface area contributed by atoms with E-state index in [-0.39, 0.29) is 118 Å². The molecular formula is C42H48N14O10. The van der Waals surface area contributed by atoms with E-state index in [0.29, 0.717) is 11.1 Å². The highest BCUT2D eigenvalue weighted by Gasteiger charge is 2.54. The van der Waals surface area contributed by atoms with Crippen molar-refractivity contribution in [3.8, 4) is 57.3 Å². The van der Waals surface area contributed by atoms with Crippen molar-refractivity contribution < 1.29 is 47.4 Å². The highest BCUT2D eigenvalue weighted by molar-refractivity contribution is 5.92. The number of hydrogen-bond donors (Lipinski definition) is 2. The van der Waals surface area contributed by atoms with E-state index in [4.69, 9.17) is 88.3 Å². The van der Waals surface area contributed by atoms with Gasteiger partial charge in [0.15, 0.2) is 45.4 Å². The van der Waals surface area contributed by atoms with E-state index in [0.717, 1.165) is 0 Å². The van der Waals surface area contributed by atoms with Gasteiger partial charge in [0.2, 0.25) is 57.7 Å². The Labute approximate surface area is 376 Å². The number of fused-ring (bicyclic) bond motifs is 19. The first-order chi connectivity index (χ1) is 31.2. The lowest BCUT2D eigenvalue weighted by Crippen LogP contribution is -2.59. The predicted molar refractivity (Wildman–Crippen MR) is 234 cm³/mol. The Hall–Kier alpha value is -7.26. The highest BCUT2D eigenvalue weighted by atomic mass is 16.7. The molecule has 24 heteroatoms. The number of nitrogens with one attached hydrogen (secondary N) is 2. The number of aromatic nitrogens is 8. The quantitative estimate of drug-likeness (QED) is 0.0583. The molecule has 0 saturated carbocycles. The standard InChI is InChI=1S/C42H48N14O10/c1-37(2)38(3,4)62-24-23(61-37)31-50-32(24)52-34-26-28(66-42(10,58-12)40(7,8)64-26)36(54-34)49-30-22-20(60-18-16-46-56-44)14-13-19(59-17-15-45-55-43)21(22)29(47-30)48-35-27-25(33(51-31)53-35)63-39(5,6)41(9,57-11)65-27/h13-14H,15-18H2,1-12H3,(H2,47,48,49,50,51,52,53,54)/t41-,42-/m1/s1. The first-order valence-corrected chi connectivity index (χ1v) is 20.9. The molecule has 4 aromatic rings. The van der Waals surface area contributed by atoms with Gasteiger partial charge in [0.05, 0.1) is 37.4 Å². The molecule has 5 aliphatic heterocycles. The third kappa shape index (κ3) is 6.82. The molecule has 1 aromatic carbocycles. The first kappa shape index (κ1) is 44.0. The molecule has 2 atom stereocenters. The number of hydrogen-bond acceptors (Lipinski definition) is 18. The van der Waals surface area contributed by atoms with E-state index in [9.17, 15) is 0 Å². The number of ether oxygens (including phenoxy) is 10. The van der Waals surface area contributed by atoms with E-state index >= 15 is 0 Å². The third-order valence-corrected chi connectivity index (χ3v) is 12.7. The maximum Gasteiger partial charge on any atom is 0.247 e. The van der Waals surface area contributed by atoms with Crippen LogP contribution in [0.2, 0.25) is 0 Å². The molecule has 9 rings (SSSR count). The summed E-state index contributed by atoms with van der Waals surface area (Å²) in [6, 6.07) is 3.32. The largest absolute Gasteiger partial charge is 0.493 e. The smallest absolute Gasteiger partial charge is 0.247 e. The van der Waals surface area contributed by atoms with E-state index in [2.05, 4.69) is 30.0 Å². The fourth-order valence-electron chi connectivity index (χ4n) is 7.51. The van der Waals surface area contributed by atoms with Gasteiger partial charge in [-0.05, 0) is 78.6 Å². The summed E-state index contributed by atoms with van der Waals surface area (Å²) in [5, 5.41) is 7.27. The summed E-state index contributed by atoms with van der Waals surface area (Å²) < 4.78 is 64.4. The monoisotopic (exact) mass is 908 g/mol. The summed E-state index contributed by atoms with van der Waals surface area (Å²) in [4.78, 5) is 42.4. The Morgan fingerprint density at radius 3 is 1.21 bits per heavy atom. The number of rotatable bonds is 10. The van der Waals surface area contributed by atoms with Crippen molar-refractivity contribution in [2.24, 2.45) is 10.2 Å². The summed E-state index contributed by atoms with van der Waals surface area (Å²) in [6.07, 6.45) is 0. The molecule has 0 fully saturated rings. The molecular weight excluding hydrogens is 861 g/mol. The average Bonchev–Trinajstić information content (AvgIpc) is 3.96. The zero-order valence-corrected chi connectivity index (χ0v) is 38.4. The van der Waals surface area contributed by atoms with Crippen molar-refractivity contribution in [1.82, 2.24) is 39.9 Å². The Morgan fingerprint density at radius 1 is 0.500 bits per heavy atom. The normalized spacial score (nSPS) is 22.1. The van der Waals surface area contributed by atoms with E-state index in [1.54, 1.807) is 26.0 Å². The van der Waals surface area contributed by atoms with Gasteiger partial charge in [-0.2, -0.15) is 0 Å². The van der Waals surface area contributed by atoms with Crippen molar-refractivity contribution >= 4 is 34.1 Å². The van der Waals surface area contributed by atoms with Gasteiger partial charge in [0.25, 0.3) is 0 Å². The van der Waals surface area contributed by atoms with Crippen molar-refractivity contribution in [3.63, 3.8) is 0 Å². The van der Waals surface area contributed by atoms with E-state index < -0.39 is 34.0 Å². The van der Waals surface area contributed by atoms with Gasteiger partial charge in [-0.1, -0.05) is 10.2 Å². The summed E-state index contributed by atoms with van der Waals surface area (Å²) in [6.45, 7) is 18.4. The number of nitrogens with zero attached hydrogens (tertiary/aromatic N) is 12. The van der Waals surface area contributed by atoms with E-state index in [1.807, 2.05) is 55.4 Å². The molecule has 8 heterocycles. The third-order valence-electron chi connectivity index (χ3n) is 12.7. The molecule has 8 bridgehead atoms. The van der Waals surface area contributed by atoms with Gasteiger partial charge in [-0.15, -0.1) is 0 Å². The van der Waals surface area contributed by atoms with Gasteiger partial charge in [-0.25, -0.2) is 29.9 Å². The topological polar surface area (TPSA) is 299 Å². The minimum absolute atomic E-state index is 0.00335. The molecule has 2 N–H and O–H groups in total. The van der Waals surface area contributed by atoms with Crippen LogP contribution in [-0.2, 0) is 18.9 Å². The summed E-state index contributed by atoms with van der Waals surface area (Å²) in [5.41, 5.74) is 15.3. The average molecular weight is 909 g/mol. The van der Waals surface area contributed by atoms with Gasteiger partial charge in [0, 0.05) is 37.9 Å². The van der Waals surface area contributed by atoms with Gasteiger partial charge in [-0.3, -0.25) is 0 Å². The molecule has 5 aliphatic rings. The van der Waals surface area contributed by atoms with Crippen molar-refractivity contribution in [2.45, 2.75) is 103 Å². The lowest BCUT2D eigenvalue weighted by Gasteiger charge is -2.45. The second-order valence-electron chi connectivity index (χ2n) is 18.0. The molecule has 0 radical (unpaired) electrons. The van der Waals surface area contributed by atoms with Crippen LogP contribution in [0.15, 0.2) is 22.4 Å². The van der Waals surface area contributed by atoms with Crippen LogP contribution in [0.3, 0.4) is 0 Å². The molecule has 0 unspecified atom stereocenters. The second-order valence-corrected chi connectivity index (χ2v) is 18.0. The first-order valence-electron chi connectivity index (χ1n) is 20.9. The van der Waals surface area contributed by atoms with Gasteiger partial charge in [0.1, 0.15) is 22.7 Å². The highest BCUT2D eigenvalue weighted by Crippen LogP contribution is 2.53. The van der Waals surface area contributed by atoms with Crippen LogP contribution in [0.25, 0.3) is 77.8 Å². The molecule has 66 heavy (non-hydrogen) atoms. The van der Waals surface area contributed by atoms with Crippen molar-refractivity contribution in [1.29, 1.82) is 0 Å². The maximum atomic E-state index is 9.00. The number of H-pyrrole nitrogens is 2. The van der Waals surface area contributed by atoms with Crippen molar-refractivity contribution in [3.05, 3.63) is 44.7 Å². The van der Waals surface area contributed by atoms with Crippen LogP contribution in [0.5, 0.6) is 34.5 Å². The fraction of sp³-hybridized carbons (Fsp3) is 0.524. The van der Waals surface area contributed by atoms with Crippen LogP contribution in [-0.4, -0.2) is 114 Å². The van der Waals surface area contributed by atoms with Gasteiger partial charge < -0.3 is 57.3 Å². The van der Waals surface area contributed by atoms with Crippen LogP contribution < -0.4 is 28.4 Å². The van der Waals surface area contributed by atoms with Crippen LogP contribution >= 0.6 is 0 Å². The molecule has 0 amide bonds. The molecule has 3 aromatic heterocycles. The minimum Gasteiger partial charge on any atom is -0.493 e. The predicted octanol–water partition coefficient (Wildman–Crippen LogP) is 7.86. The fourth-order valence-corrected chi connectivity index (χ4v) is 7.51. The summed E-state index contributed by atoms with van der Waals surface area (Å²) in [5.74, 6) is -0.623. The Balaban J connectivity index is 1.43. The van der Waals surface area contributed by atoms with E-state index in [1.165, 1.54) is 14.2 Å². The molecule has 0 spiro atoms. The van der Waals surface area contributed by atoms with Crippen LogP contribution in [0, 0.1) is 0 Å². The van der Waals surface area contributed by atoms with Crippen LogP contribution in [0.4, 0.5) is 0 Å². The second kappa shape index (κ2) is 15.2. The molecule has 24 nitrogen and oxygen atoms in total. The van der Waals surface area contributed by atoms with Gasteiger partial charge >= 0.3 is 0 Å². The zero-order valence-electron chi connectivity index (χ0n) is 38.4. The molecule has 0 saturated heterocycles. The molecule has 0 aliphatic carbocycles. The summed E-state index contributed by atoms with van der Waals surface area (Å²) in [7, 11) is 3.02. The number of methoxy groups -OCH3 is 2. The minimum atomic E-state index is -1.33. The lowest BCUT2D eigenvalue weighted by atomic mass is 9.88. The lowest BCUT2D eigenvalue weighted by molar-refractivity contribution is -0.252. The van der Waals surface area contributed by atoms with Crippen molar-refractivity contribution in [2.75, 3.05) is 40.5 Å². The SMILES string of the molecule is CO[C@]1(C)Oc2c(c3nc4nc(nc5[nH]c(nc6nc(nc2[nH]3)-c2c(OCCN=[N+]=[N-])ccc(OCCN=[N+]=[N-])c2-6)c2c5OC(C)(C)[C@](C)(OC)O2)C2=C4OC(C)(C)C(C)(C)O2)OC1(C)C. The zero-order chi connectivity index (χ0) is 47.2. The maximum absolute atomic E-state index is 9.00. The summed E-state index contributed by atoms with van der Waals surface area (Å²) >= 11 is 0. The number of benzene rings is 1. The Kier molecular flexibility index (Phi) is 10.1. The molecule has 346 valence electrons. The Morgan fingerprint density at radius 2 is 0.848 bits per heavy atom. The number of azide groups is 2.